The second-order valence-corrected chi connectivity index (χ2v) is 3.05. The molecule has 0 aromatic carbocycles. The van der Waals surface area contributed by atoms with Crippen LogP contribution in [0.25, 0.3) is 0 Å². The normalized spacial score (nSPS) is 18.3. The third-order valence-electron chi connectivity index (χ3n) is 1.97. The molecule has 0 aliphatic rings. The highest BCUT2D eigenvalue weighted by Crippen LogP contribution is 2.19. The van der Waals surface area contributed by atoms with Gasteiger partial charge in [0.15, 0.2) is 0 Å². The van der Waals surface area contributed by atoms with E-state index < -0.39 is 18.3 Å². The zero-order valence-electron chi connectivity index (χ0n) is 7.53. The number of aliphatic hydroxyl groups is 3. The monoisotopic (exact) mass is 174 g/mol. The lowest BCUT2D eigenvalue weighted by molar-refractivity contribution is -0.108. The van der Waals surface area contributed by atoms with Gasteiger partial charge in [0.25, 0.3) is 0 Å². The van der Waals surface area contributed by atoms with Crippen LogP contribution in [0.3, 0.4) is 0 Å². The summed E-state index contributed by atoms with van der Waals surface area (Å²) in [6.45, 7) is 4.94. The second kappa shape index (κ2) is 5.30. The Morgan fingerprint density at radius 2 is 2.17 bits per heavy atom. The van der Waals surface area contributed by atoms with Crippen molar-refractivity contribution in [1.82, 2.24) is 0 Å². The van der Waals surface area contributed by atoms with Gasteiger partial charge < -0.3 is 15.3 Å². The van der Waals surface area contributed by atoms with Gasteiger partial charge in [-0.15, -0.1) is 6.58 Å². The highest BCUT2D eigenvalue weighted by atomic mass is 16.4. The molecule has 0 radical (unpaired) electrons. The van der Waals surface area contributed by atoms with Gasteiger partial charge >= 0.3 is 0 Å². The molecule has 2 atom stereocenters. The average molecular weight is 174 g/mol. The van der Waals surface area contributed by atoms with Gasteiger partial charge in [-0.1, -0.05) is 19.4 Å². The van der Waals surface area contributed by atoms with Crippen molar-refractivity contribution in [3.8, 4) is 0 Å². The van der Waals surface area contributed by atoms with E-state index in [1.807, 2.05) is 6.92 Å². The molecular weight excluding hydrogens is 156 g/mol. The maximum absolute atomic E-state index is 9.67. The lowest BCUT2D eigenvalue weighted by Gasteiger charge is -2.30. The van der Waals surface area contributed by atoms with Crippen molar-refractivity contribution in [2.75, 3.05) is 6.61 Å². The predicted octanol–water partition coefficient (Wildman–Crippen LogP) is 0.447. The summed E-state index contributed by atoms with van der Waals surface area (Å²) in [6.07, 6.45) is 2.04. The number of aliphatic hydroxyl groups excluding tert-OH is 2. The Balaban J connectivity index is 4.17. The van der Waals surface area contributed by atoms with Crippen molar-refractivity contribution >= 4 is 0 Å². The molecule has 0 amide bonds. The molecule has 0 saturated heterocycles. The van der Waals surface area contributed by atoms with E-state index in [2.05, 4.69) is 6.58 Å². The Morgan fingerprint density at radius 3 is 2.50 bits per heavy atom. The zero-order chi connectivity index (χ0) is 9.61. The van der Waals surface area contributed by atoms with Crippen molar-refractivity contribution in [2.24, 2.45) is 0 Å². The maximum Gasteiger partial charge on any atom is 0.114 e. The summed E-state index contributed by atoms with van der Waals surface area (Å²) < 4.78 is 0. The van der Waals surface area contributed by atoms with Crippen molar-refractivity contribution in [2.45, 2.75) is 37.9 Å². The highest BCUT2D eigenvalue weighted by molar-refractivity contribution is 4.89. The molecule has 3 heteroatoms. The molecule has 0 aliphatic carbocycles. The van der Waals surface area contributed by atoms with E-state index >= 15 is 0 Å². The van der Waals surface area contributed by atoms with Crippen molar-refractivity contribution in [3.05, 3.63) is 12.7 Å². The van der Waals surface area contributed by atoms with E-state index in [1.54, 1.807) is 0 Å². The molecule has 0 spiro atoms. The number of rotatable bonds is 6. The first-order valence-corrected chi connectivity index (χ1v) is 4.23. The summed E-state index contributed by atoms with van der Waals surface area (Å²) in [5.74, 6) is 0. The maximum atomic E-state index is 9.67. The van der Waals surface area contributed by atoms with Crippen LogP contribution in [0.2, 0.25) is 0 Å². The summed E-state index contributed by atoms with van der Waals surface area (Å²) in [5, 5.41) is 28.0. The van der Waals surface area contributed by atoms with E-state index in [9.17, 15) is 10.2 Å². The Kier molecular flexibility index (Phi) is 5.13. The Labute approximate surface area is 73.4 Å². The van der Waals surface area contributed by atoms with Crippen molar-refractivity contribution < 1.29 is 15.3 Å². The van der Waals surface area contributed by atoms with E-state index in [1.165, 1.54) is 6.08 Å². The molecule has 0 bridgehead atoms. The SMILES string of the molecule is C=CC[C@H](O)[C@@](O)(CO)CCC. The molecule has 0 aromatic heterocycles. The standard InChI is InChI=1S/C9H18O3/c1-3-5-8(11)9(12,7-10)6-4-2/h3,8,10-12H,1,4-7H2,2H3/t8-,9-/m0/s1. The van der Waals surface area contributed by atoms with E-state index in [-0.39, 0.29) is 0 Å². The highest BCUT2D eigenvalue weighted by Gasteiger charge is 2.32. The van der Waals surface area contributed by atoms with Gasteiger partial charge in [0.1, 0.15) is 5.60 Å². The smallest absolute Gasteiger partial charge is 0.114 e. The molecule has 3 nitrogen and oxygen atoms in total. The molecule has 0 aliphatic heterocycles. The molecule has 72 valence electrons. The summed E-state index contributed by atoms with van der Waals surface area (Å²) in [6, 6.07) is 0. The van der Waals surface area contributed by atoms with E-state index in [0.717, 1.165) is 6.42 Å². The molecule has 0 fully saturated rings. The average Bonchev–Trinajstić information content (AvgIpc) is 2.05. The molecule has 0 saturated carbocycles. The van der Waals surface area contributed by atoms with Gasteiger partial charge in [-0.05, 0) is 12.8 Å². The van der Waals surface area contributed by atoms with Gasteiger partial charge in [0.05, 0.1) is 12.7 Å². The molecule has 0 heterocycles. The van der Waals surface area contributed by atoms with Gasteiger partial charge in [-0.25, -0.2) is 0 Å². The molecular formula is C9H18O3. The van der Waals surface area contributed by atoms with E-state index in [0.29, 0.717) is 12.8 Å². The quantitative estimate of drug-likeness (QED) is 0.512. The fourth-order valence-electron chi connectivity index (χ4n) is 1.16. The van der Waals surface area contributed by atoms with Crippen LogP contribution in [0.1, 0.15) is 26.2 Å². The molecule has 12 heavy (non-hydrogen) atoms. The molecule has 0 rings (SSSR count). The van der Waals surface area contributed by atoms with Crippen LogP contribution >= 0.6 is 0 Å². The predicted molar refractivity (Wildman–Crippen MR) is 47.8 cm³/mol. The zero-order valence-corrected chi connectivity index (χ0v) is 7.53. The fraction of sp³-hybridized carbons (Fsp3) is 0.778. The summed E-state index contributed by atoms with van der Waals surface area (Å²) >= 11 is 0. The van der Waals surface area contributed by atoms with Crippen molar-refractivity contribution in [3.63, 3.8) is 0 Å². The van der Waals surface area contributed by atoms with Crippen LogP contribution in [0, 0.1) is 0 Å². The Morgan fingerprint density at radius 1 is 1.58 bits per heavy atom. The first-order valence-electron chi connectivity index (χ1n) is 4.23. The van der Waals surface area contributed by atoms with Crippen LogP contribution in [0.5, 0.6) is 0 Å². The third-order valence-corrected chi connectivity index (χ3v) is 1.97. The van der Waals surface area contributed by atoms with Crippen molar-refractivity contribution in [1.29, 1.82) is 0 Å². The van der Waals surface area contributed by atoms with Crippen LogP contribution in [0.15, 0.2) is 12.7 Å². The van der Waals surface area contributed by atoms with Gasteiger partial charge in [-0.2, -0.15) is 0 Å². The number of hydrogen-bond acceptors (Lipinski definition) is 3. The second-order valence-electron chi connectivity index (χ2n) is 3.05. The van der Waals surface area contributed by atoms with E-state index in [4.69, 9.17) is 5.11 Å². The van der Waals surface area contributed by atoms with Gasteiger partial charge in [0.2, 0.25) is 0 Å². The summed E-state index contributed by atoms with van der Waals surface area (Å²) in [5.41, 5.74) is -1.36. The van der Waals surface area contributed by atoms with Crippen LogP contribution < -0.4 is 0 Å². The third kappa shape index (κ3) is 2.93. The minimum Gasteiger partial charge on any atom is -0.393 e. The minimum atomic E-state index is -1.36. The Hall–Kier alpha value is -0.380. The van der Waals surface area contributed by atoms with Crippen LogP contribution in [0.4, 0.5) is 0 Å². The van der Waals surface area contributed by atoms with Crippen LogP contribution in [-0.2, 0) is 0 Å². The summed E-state index contributed by atoms with van der Waals surface area (Å²) in [7, 11) is 0. The molecule has 3 N–H and O–H groups in total. The fourth-order valence-corrected chi connectivity index (χ4v) is 1.16. The topological polar surface area (TPSA) is 60.7 Å². The van der Waals surface area contributed by atoms with Gasteiger partial charge in [0, 0.05) is 0 Å². The molecule has 0 aromatic rings. The van der Waals surface area contributed by atoms with Gasteiger partial charge in [-0.3, -0.25) is 0 Å². The summed E-state index contributed by atoms with van der Waals surface area (Å²) in [4.78, 5) is 0. The Bertz CT molecular complexity index is 136. The van der Waals surface area contributed by atoms with Crippen LogP contribution in [-0.4, -0.2) is 33.6 Å². The number of hydrogen-bond donors (Lipinski definition) is 3. The minimum absolute atomic E-state index is 0.303. The largest absolute Gasteiger partial charge is 0.393 e. The first kappa shape index (κ1) is 11.6. The lowest BCUT2D eigenvalue weighted by atomic mass is 9.90. The molecule has 0 unspecified atom stereocenters. The first-order chi connectivity index (χ1) is 5.60. The lowest BCUT2D eigenvalue weighted by Crippen LogP contribution is -2.45.